The number of rotatable bonds is 2. The number of halogens is 1. The van der Waals surface area contributed by atoms with E-state index in [1.54, 1.807) is 18.1 Å². The zero-order valence-corrected chi connectivity index (χ0v) is 12.6. The Morgan fingerprint density at radius 2 is 2.24 bits per heavy atom. The van der Waals surface area contributed by atoms with E-state index in [9.17, 15) is 4.79 Å². The molecule has 1 fully saturated rings. The van der Waals surface area contributed by atoms with E-state index in [2.05, 4.69) is 4.98 Å². The highest BCUT2D eigenvalue weighted by atomic mass is 35.5. The third-order valence-electron chi connectivity index (χ3n) is 3.91. The van der Waals surface area contributed by atoms with Gasteiger partial charge in [0.05, 0.1) is 6.10 Å². The third kappa shape index (κ3) is 2.87. The minimum Gasteiger partial charge on any atom is -0.380 e. The summed E-state index contributed by atoms with van der Waals surface area (Å²) >= 11 is 6.19. The van der Waals surface area contributed by atoms with Gasteiger partial charge in [-0.15, -0.1) is 0 Å². The first kappa shape index (κ1) is 14.3. The van der Waals surface area contributed by atoms with Crippen molar-refractivity contribution in [2.24, 2.45) is 0 Å². The van der Waals surface area contributed by atoms with Gasteiger partial charge in [-0.1, -0.05) is 35.9 Å². The molecule has 1 aliphatic rings. The number of nitrogens with zero attached hydrogens (tertiary/aromatic N) is 2. The zero-order valence-electron chi connectivity index (χ0n) is 11.9. The Bertz CT molecular complexity index is 674. The molecule has 0 N–H and O–H groups in total. The highest BCUT2D eigenvalue weighted by molar-refractivity contribution is 6.34. The highest BCUT2D eigenvalue weighted by Gasteiger charge is 2.25. The van der Waals surface area contributed by atoms with Crippen LogP contribution in [0.5, 0.6) is 0 Å². The number of carbonyl (C=O) groups is 1. The standard InChI is InChI=1S/C16H17ClN2O2/c1-21-12-6-4-8-19(10-12)16(20)14-9-11-5-2-3-7-13(11)15(17)18-14/h2-3,5,7,9,12H,4,6,8,10H2,1H3. The summed E-state index contributed by atoms with van der Waals surface area (Å²) in [4.78, 5) is 18.7. The molecule has 5 heteroatoms. The second kappa shape index (κ2) is 6.00. The number of carbonyl (C=O) groups excluding carboxylic acids is 1. The van der Waals surface area contributed by atoms with Crippen LogP contribution in [0.15, 0.2) is 30.3 Å². The van der Waals surface area contributed by atoms with Crippen LogP contribution in [-0.4, -0.2) is 42.1 Å². The van der Waals surface area contributed by atoms with E-state index in [1.807, 2.05) is 24.3 Å². The molecule has 1 unspecified atom stereocenters. The van der Waals surface area contributed by atoms with Crippen molar-refractivity contribution in [3.05, 3.63) is 41.2 Å². The number of hydrogen-bond donors (Lipinski definition) is 0. The molecule has 1 aliphatic heterocycles. The van der Waals surface area contributed by atoms with Crippen LogP contribution in [0.3, 0.4) is 0 Å². The molecule has 1 atom stereocenters. The predicted molar refractivity (Wildman–Crippen MR) is 82.7 cm³/mol. The number of hydrogen-bond acceptors (Lipinski definition) is 3. The smallest absolute Gasteiger partial charge is 0.272 e. The van der Waals surface area contributed by atoms with Crippen LogP contribution in [0.1, 0.15) is 23.3 Å². The molecule has 1 aromatic heterocycles. The van der Waals surface area contributed by atoms with Gasteiger partial charge in [0, 0.05) is 25.6 Å². The van der Waals surface area contributed by atoms with E-state index >= 15 is 0 Å². The van der Waals surface area contributed by atoms with Gasteiger partial charge in [0.15, 0.2) is 0 Å². The average Bonchev–Trinajstić information content (AvgIpc) is 2.54. The maximum atomic E-state index is 12.6. The summed E-state index contributed by atoms with van der Waals surface area (Å²) < 4.78 is 5.36. The number of piperidine rings is 1. The number of ether oxygens (including phenoxy) is 1. The van der Waals surface area contributed by atoms with E-state index in [-0.39, 0.29) is 12.0 Å². The van der Waals surface area contributed by atoms with E-state index in [1.165, 1.54) is 0 Å². The lowest BCUT2D eigenvalue weighted by molar-refractivity contribution is 0.0266. The Labute approximate surface area is 128 Å². The summed E-state index contributed by atoms with van der Waals surface area (Å²) in [7, 11) is 1.68. The third-order valence-corrected chi connectivity index (χ3v) is 4.20. The molecule has 1 saturated heterocycles. The molecular formula is C16H17ClN2O2. The molecule has 4 nitrogen and oxygen atoms in total. The minimum atomic E-state index is -0.0793. The second-order valence-corrected chi connectivity index (χ2v) is 5.63. The first-order valence-corrected chi connectivity index (χ1v) is 7.44. The number of aromatic nitrogens is 1. The first-order chi connectivity index (χ1) is 10.2. The van der Waals surface area contributed by atoms with Gasteiger partial charge < -0.3 is 9.64 Å². The fourth-order valence-corrected chi connectivity index (χ4v) is 3.01. The summed E-state index contributed by atoms with van der Waals surface area (Å²) in [5.74, 6) is -0.0793. The number of pyridine rings is 1. The fraction of sp³-hybridized carbons (Fsp3) is 0.375. The summed E-state index contributed by atoms with van der Waals surface area (Å²) in [6.07, 6.45) is 2.05. The van der Waals surface area contributed by atoms with E-state index in [4.69, 9.17) is 16.3 Å². The quantitative estimate of drug-likeness (QED) is 0.801. The molecule has 110 valence electrons. The second-order valence-electron chi connectivity index (χ2n) is 5.27. The zero-order chi connectivity index (χ0) is 14.8. The van der Waals surface area contributed by atoms with E-state index in [0.29, 0.717) is 17.4 Å². The molecule has 1 amide bonds. The van der Waals surface area contributed by atoms with Gasteiger partial charge >= 0.3 is 0 Å². The SMILES string of the molecule is COC1CCCN(C(=O)c2cc3ccccc3c(Cl)n2)C1. The highest BCUT2D eigenvalue weighted by Crippen LogP contribution is 2.23. The van der Waals surface area contributed by atoms with Crippen molar-refractivity contribution in [2.75, 3.05) is 20.2 Å². The molecule has 0 radical (unpaired) electrons. The summed E-state index contributed by atoms with van der Waals surface area (Å²) in [6, 6.07) is 9.48. The normalized spacial score (nSPS) is 19.0. The number of benzene rings is 1. The van der Waals surface area contributed by atoms with Crippen LogP contribution < -0.4 is 0 Å². The molecule has 1 aromatic carbocycles. The van der Waals surface area contributed by atoms with Crippen molar-refractivity contribution in [1.29, 1.82) is 0 Å². The molecule has 2 aromatic rings. The Morgan fingerprint density at radius 1 is 1.43 bits per heavy atom. The van der Waals surface area contributed by atoms with Crippen molar-refractivity contribution >= 4 is 28.3 Å². The number of fused-ring (bicyclic) bond motifs is 1. The van der Waals surface area contributed by atoms with Crippen LogP contribution in [0.4, 0.5) is 0 Å². The van der Waals surface area contributed by atoms with Gasteiger partial charge in [-0.05, 0) is 24.3 Å². The minimum absolute atomic E-state index is 0.0793. The van der Waals surface area contributed by atoms with Crippen molar-refractivity contribution < 1.29 is 9.53 Å². The first-order valence-electron chi connectivity index (χ1n) is 7.06. The average molecular weight is 305 g/mol. The van der Waals surface area contributed by atoms with Crippen molar-refractivity contribution in [1.82, 2.24) is 9.88 Å². The molecule has 0 bridgehead atoms. The number of methoxy groups -OCH3 is 1. The summed E-state index contributed by atoms with van der Waals surface area (Å²) in [5.41, 5.74) is 0.399. The van der Waals surface area contributed by atoms with Crippen LogP contribution >= 0.6 is 11.6 Å². The van der Waals surface area contributed by atoms with Crippen molar-refractivity contribution in [3.63, 3.8) is 0 Å². The monoisotopic (exact) mass is 304 g/mol. The van der Waals surface area contributed by atoms with Crippen LogP contribution in [0, 0.1) is 0 Å². The van der Waals surface area contributed by atoms with Gasteiger partial charge in [0.2, 0.25) is 0 Å². The molecule has 0 aliphatic carbocycles. The maximum absolute atomic E-state index is 12.6. The lowest BCUT2D eigenvalue weighted by atomic mass is 10.1. The lowest BCUT2D eigenvalue weighted by Gasteiger charge is -2.31. The van der Waals surface area contributed by atoms with E-state index in [0.717, 1.165) is 30.2 Å². The Kier molecular flexibility index (Phi) is 4.08. The Balaban J connectivity index is 1.91. The number of likely N-dealkylation sites (tertiary alicyclic amines) is 1. The van der Waals surface area contributed by atoms with Crippen LogP contribution in [0.2, 0.25) is 5.15 Å². The molecular weight excluding hydrogens is 288 g/mol. The maximum Gasteiger partial charge on any atom is 0.272 e. The van der Waals surface area contributed by atoms with Crippen LogP contribution in [0.25, 0.3) is 10.8 Å². The lowest BCUT2D eigenvalue weighted by Crippen LogP contribution is -2.43. The summed E-state index contributed by atoms with van der Waals surface area (Å²) in [6.45, 7) is 1.35. The Hall–Kier alpha value is -1.65. The largest absolute Gasteiger partial charge is 0.380 e. The molecule has 3 rings (SSSR count). The molecule has 2 heterocycles. The molecule has 21 heavy (non-hydrogen) atoms. The van der Waals surface area contributed by atoms with Gasteiger partial charge in [-0.25, -0.2) is 4.98 Å². The molecule has 0 saturated carbocycles. The van der Waals surface area contributed by atoms with Crippen LogP contribution in [-0.2, 0) is 4.74 Å². The topological polar surface area (TPSA) is 42.4 Å². The fourth-order valence-electron chi connectivity index (χ4n) is 2.74. The van der Waals surface area contributed by atoms with Crippen molar-refractivity contribution in [2.45, 2.75) is 18.9 Å². The van der Waals surface area contributed by atoms with E-state index < -0.39 is 0 Å². The summed E-state index contributed by atoms with van der Waals surface area (Å²) in [5, 5.41) is 2.17. The molecule has 0 spiro atoms. The number of amides is 1. The van der Waals surface area contributed by atoms with Gasteiger partial charge in [0.25, 0.3) is 5.91 Å². The van der Waals surface area contributed by atoms with Gasteiger partial charge in [0.1, 0.15) is 10.8 Å². The predicted octanol–water partition coefficient (Wildman–Crippen LogP) is 3.14. The van der Waals surface area contributed by atoms with Gasteiger partial charge in [-0.3, -0.25) is 4.79 Å². The van der Waals surface area contributed by atoms with Crippen molar-refractivity contribution in [3.8, 4) is 0 Å². The Morgan fingerprint density at radius 3 is 3.05 bits per heavy atom. The van der Waals surface area contributed by atoms with Gasteiger partial charge in [-0.2, -0.15) is 0 Å².